The molecule has 1 fully saturated rings. The molecule has 4 aromatic rings. The number of nitrogens with zero attached hydrogens (tertiary/aromatic N) is 2. The maximum atomic E-state index is 13.0. The molecule has 9 heteroatoms. The predicted molar refractivity (Wildman–Crippen MR) is 162 cm³/mol. The minimum Gasteiger partial charge on any atom is -0.490 e. The first-order valence-corrected chi connectivity index (χ1v) is 14.1. The molecule has 40 heavy (non-hydrogen) atoms. The summed E-state index contributed by atoms with van der Waals surface area (Å²) < 4.78 is 12.8. The first-order chi connectivity index (χ1) is 19.3. The number of aliphatic imine (C=N–C) groups is 1. The van der Waals surface area contributed by atoms with Gasteiger partial charge in [-0.25, -0.2) is 9.79 Å². The Morgan fingerprint density at radius 2 is 1.73 bits per heavy atom. The lowest BCUT2D eigenvalue weighted by Gasteiger charge is -2.14. The third-order valence-corrected chi connectivity index (χ3v) is 7.95. The number of amidine groups is 1. The van der Waals surface area contributed by atoms with Crippen LogP contribution in [0, 0.1) is 0 Å². The number of ether oxygens (including phenoxy) is 2. The first kappa shape index (κ1) is 27.5. The van der Waals surface area contributed by atoms with Gasteiger partial charge in [0.15, 0.2) is 16.7 Å². The number of amides is 1. The quantitative estimate of drug-likeness (QED) is 0.206. The standard InChI is InChI=1S/C31H25BrN2O5S/c1-3-38-26-15-23(25(32)17-27(26)39-18-19-8-9-20-6-4-5-7-22(20)14-19)16-28-29(35)34(2)31(40-28)33-24-12-10-21(11-13-24)30(36)37/h4-17H,3,18H2,1-2H3,(H,36,37)/b28-16-,33-31?. The fourth-order valence-corrected chi connectivity index (χ4v) is 5.53. The number of hydrogen-bond acceptors (Lipinski definition) is 6. The molecule has 0 unspecified atom stereocenters. The second kappa shape index (κ2) is 12.0. The number of aromatic carboxylic acids is 1. The van der Waals surface area contributed by atoms with E-state index < -0.39 is 5.97 Å². The van der Waals surface area contributed by atoms with E-state index in [-0.39, 0.29) is 11.5 Å². The molecule has 0 saturated carbocycles. The summed E-state index contributed by atoms with van der Waals surface area (Å²) in [4.78, 5) is 30.6. The number of carbonyl (C=O) groups excluding carboxylic acids is 1. The highest BCUT2D eigenvalue weighted by molar-refractivity contribution is 9.10. The van der Waals surface area contributed by atoms with Crippen LogP contribution < -0.4 is 9.47 Å². The third kappa shape index (κ3) is 6.05. The summed E-state index contributed by atoms with van der Waals surface area (Å²) in [5.41, 5.74) is 2.54. The van der Waals surface area contributed by atoms with E-state index in [1.165, 1.54) is 34.2 Å². The van der Waals surface area contributed by atoms with Gasteiger partial charge in [-0.3, -0.25) is 9.69 Å². The van der Waals surface area contributed by atoms with Crippen molar-refractivity contribution < 1.29 is 24.2 Å². The highest BCUT2D eigenvalue weighted by Crippen LogP contribution is 2.39. The Hall–Kier alpha value is -4.08. The average molecular weight is 618 g/mol. The normalized spacial score (nSPS) is 15.3. The van der Waals surface area contributed by atoms with E-state index in [2.05, 4.69) is 51.3 Å². The molecule has 7 nitrogen and oxygen atoms in total. The van der Waals surface area contributed by atoms with Crippen LogP contribution in [-0.2, 0) is 11.4 Å². The minimum atomic E-state index is -1.01. The molecule has 4 aromatic carbocycles. The van der Waals surface area contributed by atoms with E-state index in [9.17, 15) is 9.59 Å². The second-order valence-corrected chi connectivity index (χ2v) is 10.8. The Morgan fingerprint density at radius 3 is 2.45 bits per heavy atom. The van der Waals surface area contributed by atoms with E-state index in [0.717, 1.165) is 21.0 Å². The molecule has 0 bridgehead atoms. The molecule has 1 saturated heterocycles. The van der Waals surface area contributed by atoms with Crippen molar-refractivity contribution in [2.24, 2.45) is 4.99 Å². The molecule has 1 amide bonds. The predicted octanol–water partition coefficient (Wildman–Crippen LogP) is 7.51. The van der Waals surface area contributed by atoms with Crippen LogP contribution in [0.25, 0.3) is 16.8 Å². The molecular weight excluding hydrogens is 592 g/mol. The van der Waals surface area contributed by atoms with Crippen LogP contribution >= 0.6 is 27.7 Å². The zero-order chi connectivity index (χ0) is 28.2. The van der Waals surface area contributed by atoms with Gasteiger partial charge < -0.3 is 14.6 Å². The van der Waals surface area contributed by atoms with E-state index >= 15 is 0 Å². The summed E-state index contributed by atoms with van der Waals surface area (Å²) >= 11 is 4.87. The van der Waals surface area contributed by atoms with Crippen molar-refractivity contribution in [3.8, 4) is 11.5 Å². The van der Waals surface area contributed by atoms with Crippen molar-refractivity contribution in [2.45, 2.75) is 13.5 Å². The maximum Gasteiger partial charge on any atom is 0.335 e. The first-order valence-electron chi connectivity index (χ1n) is 12.5. The molecule has 0 spiro atoms. The Morgan fingerprint density at radius 1 is 1.00 bits per heavy atom. The Bertz CT molecular complexity index is 1670. The van der Waals surface area contributed by atoms with Gasteiger partial charge in [0.05, 0.1) is 22.8 Å². The number of carboxylic acid groups (broad SMARTS) is 1. The van der Waals surface area contributed by atoms with Gasteiger partial charge in [-0.2, -0.15) is 0 Å². The lowest BCUT2D eigenvalue weighted by atomic mass is 10.1. The van der Waals surface area contributed by atoms with Crippen molar-refractivity contribution >= 4 is 67.3 Å². The van der Waals surface area contributed by atoms with Gasteiger partial charge in [0.1, 0.15) is 6.61 Å². The summed E-state index contributed by atoms with van der Waals surface area (Å²) in [6.45, 7) is 2.74. The van der Waals surface area contributed by atoms with Crippen molar-refractivity contribution in [2.75, 3.05) is 13.7 Å². The molecular formula is C31H25BrN2O5S. The number of likely N-dealkylation sites (N-methyl/N-ethyl adjacent to an activating group) is 1. The number of carbonyl (C=O) groups is 2. The van der Waals surface area contributed by atoms with Crippen LogP contribution in [0.15, 0.2) is 93.2 Å². The highest BCUT2D eigenvalue weighted by atomic mass is 79.9. The minimum absolute atomic E-state index is 0.174. The van der Waals surface area contributed by atoms with Crippen LogP contribution in [0.4, 0.5) is 5.69 Å². The molecule has 1 aliphatic rings. The average Bonchev–Trinajstić information content (AvgIpc) is 3.21. The van der Waals surface area contributed by atoms with Gasteiger partial charge in [0.25, 0.3) is 5.91 Å². The van der Waals surface area contributed by atoms with Gasteiger partial charge in [-0.15, -0.1) is 0 Å². The SMILES string of the molecule is CCOc1cc(/C=C2\SC(=Nc3ccc(C(=O)O)cc3)N(C)C2=O)c(Br)cc1OCc1ccc2ccccc2c1. The van der Waals surface area contributed by atoms with Crippen LogP contribution in [0.3, 0.4) is 0 Å². The van der Waals surface area contributed by atoms with Crippen LogP contribution in [0.1, 0.15) is 28.4 Å². The molecule has 1 heterocycles. The van der Waals surface area contributed by atoms with Crippen LogP contribution in [-0.4, -0.2) is 40.7 Å². The molecule has 202 valence electrons. The fraction of sp³-hybridized carbons (Fsp3) is 0.129. The lowest BCUT2D eigenvalue weighted by molar-refractivity contribution is -0.121. The Kier molecular flexibility index (Phi) is 8.23. The highest BCUT2D eigenvalue weighted by Gasteiger charge is 2.30. The third-order valence-electron chi connectivity index (χ3n) is 6.20. The molecule has 1 aliphatic heterocycles. The van der Waals surface area contributed by atoms with Crippen LogP contribution in [0.2, 0.25) is 0 Å². The molecule has 0 aliphatic carbocycles. The topological polar surface area (TPSA) is 88.4 Å². The number of rotatable bonds is 8. The number of halogens is 1. The monoisotopic (exact) mass is 616 g/mol. The van der Waals surface area contributed by atoms with E-state index in [4.69, 9.17) is 14.6 Å². The zero-order valence-corrected chi connectivity index (χ0v) is 24.2. The zero-order valence-electron chi connectivity index (χ0n) is 21.8. The Balaban J connectivity index is 1.37. The smallest absolute Gasteiger partial charge is 0.335 e. The summed E-state index contributed by atoms with van der Waals surface area (Å²) in [5.74, 6) is -0.0189. The number of fused-ring (bicyclic) bond motifs is 1. The summed E-state index contributed by atoms with van der Waals surface area (Å²) in [6, 6.07) is 24.3. The summed E-state index contributed by atoms with van der Waals surface area (Å²) in [6.07, 6.45) is 1.79. The van der Waals surface area contributed by atoms with Gasteiger partial charge in [0.2, 0.25) is 0 Å². The molecule has 0 radical (unpaired) electrons. The molecule has 5 rings (SSSR count). The van der Waals surface area contributed by atoms with Crippen molar-refractivity contribution in [3.05, 3.63) is 105 Å². The summed E-state index contributed by atoms with van der Waals surface area (Å²) in [7, 11) is 1.66. The lowest BCUT2D eigenvalue weighted by Crippen LogP contribution is -2.23. The van der Waals surface area contributed by atoms with Crippen LogP contribution in [0.5, 0.6) is 11.5 Å². The largest absolute Gasteiger partial charge is 0.490 e. The van der Waals surface area contributed by atoms with Crippen molar-refractivity contribution in [1.29, 1.82) is 0 Å². The second-order valence-electron chi connectivity index (χ2n) is 8.94. The summed E-state index contributed by atoms with van der Waals surface area (Å²) in [5, 5.41) is 11.9. The van der Waals surface area contributed by atoms with E-state index in [0.29, 0.717) is 40.5 Å². The Labute approximate surface area is 244 Å². The fourth-order valence-electron chi connectivity index (χ4n) is 4.11. The molecule has 0 aromatic heterocycles. The number of benzene rings is 4. The van der Waals surface area contributed by atoms with Gasteiger partial charge in [-0.05, 0) is 89.1 Å². The van der Waals surface area contributed by atoms with Crippen molar-refractivity contribution in [3.63, 3.8) is 0 Å². The maximum absolute atomic E-state index is 13.0. The van der Waals surface area contributed by atoms with Gasteiger partial charge in [0, 0.05) is 11.5 Å². The van der Waals surface area contributed by atoms with E-state index in [1.807, 2.05) is 31.2 Å². The van der Waals surface area contributed by atoms with E-state index in [1.54, 1.807) is 25.3 Å². The molecule has 0 atom stereocenters. The number of carboxylic acids is 1. The number of hydrogen-bond donors (Lipinski definition) is 1. The number of thioether (sulfide) groups is 1. The van der Waals surface area contributed by atoms with Gasteiger partial charge in [-0.1, -0.05) is 52.3 Å². The van der Waals surface area contributed by atoms with Gasteiger partial charge >= 0.3 is 5.97 Å². The molecule has 1 N–H and O–H groups in total. The van der Waals surface area contributed by atoms with Crippen molar-refractivity contribution in [1.82, 2.24) is 4.90 Å².